The zero-order valence-corrected chi connectivity index (χ0v) is 12.0. The molecule has 6 heteroatoms. The van der Waals surface area contributed by atoms with Crippen LogP contribution in [0.15, 0.2) is 18.2 Å². The Bertz CT molecular complexity index is 552. The molecule has 2 aromatic rings. The number of nitrogens with two attached hydrogens (primary N) is 1. The number of ether oxygens (including phenoxy) is 1. The molecular weight excluding hydrogens is 254 g/mol. The van der Waals surface area contributed by atoms with Gasteiger partial charge in [-0.25, -0.2) is 4.68 Å². The molecule has 0 saturated carbocycles. The lowest BCUT2D eigenvalue weighted by molar-refractivity contribution is 0.121. The molecule has 0 radical (unpaired) electrons. The third-order valence-corrected chi connectivity index (χ3v) is 3.16. The van der Waals surface area contributed by atoms with Crippen LogP contribution in [0.25, 0.3) is 11.4 Å². The van der Waals surface area contributed by atoms with Crippen molar-refractivity contribution in [1.29, 1.82) is 0 Å². The minimum absolute atomic E-state index is 0.610. The molecule has 0 aliphatic heterocycles. The van der Waals surface area contributed by atoms with Gasteiger partial charge in [-0.05, 0) is 35.4 Å². The van der Waals surface area contributed by atoms with Gasteiger partial charge in [0, 0.05) is 17.9 Å². The van der Waals surface area contributed by atoms with Crippen LogP contribution in [0.2, 0.25) is 0 Å². The zero-order valence-electron chi connectivity index (χ0n) is 12.0. The van der Waals surface area contributed by atoms with E-state index >= 15 is 0 Å². The first-order valence-corrected chi connectivity index (χ1v) is 6.92. The van der Waals surface area contributed by atoms with Crippen LogP contribution in [0.4, 0.5) is 5.69 Å². The van der Waals surface area contributed by atoms with Crippen LogP contribution in [0.5, 0.6) is 0 Å². The molecule has 0 aliphatic carbocycles. The van der Waals surface area contributed by atoms with Gasteiger partial charge in [0.1, 0.15) is 0 Å². The number of anilines is 1. The van der Waals surface area contributed by atoms with Crippen molar-refractivity contribution < 1.29 is 4.74 Å². The number of hydrogen-bond donors (Lipinski definition) is 1. The lowest BCUT2D eigenvalue weighted by atomic mass is 10.1. The summed E-state index contributed by atoms with van der Waals surface area (Å²) in [5, 5.41) is 11.8. The SMILES string of the molecule is CCCCOCCn1nnnc1-c1ccc(C)c(N)c1. The van der Waals surface area contributed by atoms with Gasteiger partial charge >= 0.3 is 0 Å². The van der Waals surface area contributed by atoms with Crippen LogP contribution in [-0.4, -0.2) is 33.4 Å². The minimum Gasteiger partial charge on any atom is -0.398 e. The van der Waals surface area contributed by atoms with Gasteiger partial charge in [0.05, 0.1) is 13.2 Å². The third kappa shape index (κ3) is 3.54. The van der Waals surface area contributed by atoms with Gasteiger partial charge in [0.25, 0.3) is 0 Å². The van der Waals surface area contributed by atoms with Gasteiger partial charge in [0.2, 0.25) is 0 Å². The molecule has 0 unspecified atom stereocenters. The molecule has 1 aromatic carbocycles. The molecule has 6 nitrogen and oxygen atoms in total. The normalized spacial score (nSPS) is 10.9. The Kier molecular flexibility index (Phi) is 5.06. The summed E-state index contributed by atoms with van der Waals surface area (Å²) in [4.78, 5) is 0. The van der Waals surface area contributed by atoms with E-state index in [1.807, 2.05) is 25.1 Å². The quantitative estimate of drug-likeness (QED) is 0.618. The number of nitrogen functional groups attached to an aromatic ring is 1. The van der Waals surface area contributed by atoms with Crippen LogP contribution in [-0.2, 0) is 11.3 Å². The molecule has 0 fully saturated rings. The second kappa shape index (κ2) is 7.00. The summed E-state index contributed by atoms with van der Waals surface area (Å²) in [7, 11) is 0. The number of hydrogen-bond acceptors (Lipinski definition) is 5. The molecule has 1 heterocycles. The summed E-state index contributed by atoms with van der Waals surface area (Å²) >= 11 is 0. The third-order valence-electron chi connectivity index (χ3n) is 3.16. The Labute approximate surface area is 118 Å². The van der Waals surface area contributed by atoms with Crippen LogP contribution in [0.1, 0.15) is 25.3 Å². The van der Waals surface area contributed by atoms with Gasteiger partial charge in [-0.15, -0.1) is 5.10 Å². The Morgan fingerprint density at radius 3 is 2.90 bits per heavy atom. The topological polar surface area (TPSA) is 78.8 Å². The first kappa shape index (κ1) is 14.5. The smallest absolute Gasteiger partial charge is 0.182 e. The van der Waals surface area contributed by atoms with Gasteiger partial charge in [-0.3, -0.25) is 0 Å². The predicted molar refractivity (Wildman–Crippen MR) is 78.1 cm³/mol. The van der Waals surface area contributed by atoms with Crippen molar-refractivity contribution in [1.82, 2.24) is 20.2 Å². The fourth-order valence-electron chi connectivity index (χ4n) is 1.84. The highest BCUT2D eigenvalue weighted by molar-refractivity contribution is 5.63. The molecule has 2 rings (SSSR count). The highest BCUT2D eigenvalue weighted by atomic mass is 16.5. The summed E-state index contributed by atoms with van der Waals surface area (Å²) in [5.41, 5.74) is 8.65. The lowest BCUT2D eigenvalue weighted by Crippen LogP contribution is -2.10. The van der Waals surface area contributed by atoms with Crippen LogP contribution in [0, 0.1) is 6.92 Å². The van der Waals surface area contributed by atoms with Crippen LogP contribution >= 0.6 is 0 Å². The summed E-state index contributed by atoms with van der Waals surface area (Å²) in [6, 6.07) is 5.85. The molecule has 20 heavy (non-hydrogen) atoms. The van der Waals surface area contributed by atoms with E-state index in [0.29, 0.717) is 13.2 Å². The molecule has 1 aromatic heterocycles. The van der Waals surface area contributed by atoms with Gasteiger partial charge in [0.15, 0.2) is 5.82 Å². The number of aryl methyl sites for hydroxylation is 1. The lowest BCUT2D eigenvalue weighted by Gasteiger charge is -2.07. The number of rotatable bonds is 7. The van der Waals surface area contributed by atoms with E-state index in [1.165, 1.54) is 0 Å². The Morgan fingerprint density at radius 1 is 1.30 bits per heavy atom. The van der Waals surface area contributed by atoms with E-state index in [9.17, 15) is 0 Å². The predicted octanol–water partition coefficient (Wildman–Crippen LogP) is 2.05. The zero-order chi connectivity index (χ0) is 14.4. The average Bonchev–Trinajstić information content (AvgIpc) is 2.90. The number of tetrazole rings is 1. The first-order valence-electron chi connectivity index (χ1n) is 6.92. The largest absolute Gasteiger partial charge is 0.398 e. The Hall–Kier alpha value is -1.95. The second-order valence-electron chi connectivity index (χ2n) is 4.76. The maximum atomic E-state index is 5.93. The van der Waals surface area contributed by atoms with Crippen molar-refractivity contribution in [2.45, 2.75) is 33.2 Å². The molecule has 0 amide bonds. The Morgan fingerprint density at radius 2 is 2.15 bits per heavy atom. The summed E-state index contributed by atoms with van der Waals surface area (Å²) < 4.78 is 7.29. The summed E-state index contributed by atoms with van der Waals surface area (Å²) in [5.74, 6) is 0.718. The van der Waals surface area contributed by atoms with E-state index < -0.39 is 0 Å². The van der Waals surface area contributed by atoms with E-state index in [2.05, 4.69) is 22.4 Å². The van der Waals surface area contributed by atoms with Crippen LogP contribution in [0.3, 0.4) is 0 Å². The molecule has 0 bridgehead atoms. The van der Waals surface area contributed by atoms with Crippen molar-refractivity contribution in [3.8, 4) is 11.4 Å². The fraction of sp³-hybridized carbons (Fsp3) is 0.500. The van der Waals surface area contributed by atoms with Gasteiger partial charge in [-0.2, -0.15) is 0 Å². The summed E-state index contributed by atoms with van der Waals surface area (Å²) in [6.07, 6.45) is 2.22. The highest BCUT2D eigenvalue weighted by Gasteiger charge is 2.09. The molecule has 2 N–H and O–H groups in total. The van der Waals surface area contributed by atoms with Crippen molar-refractivity contribution in [2.24, 2.45) is 0 Å². The maximum absolute atomic E-state index is 5.93. The number of aromatic nitrogens is 4. The minimum atomic E-state index is 0.610. The summed E-state index contributed by atoms with van der Waals surface area (Å²) in [6.45, 7) is 6.15. The van der Waals surface area contributed by atoms with Crippen molar-refractivity contribution in [2.75, 3.05) is 18.9 Å². The Balaban J connectivity index is 2.02. The molecule has 0 spiro atoms. The number of unbranched alkanes of at least 4 members (excludes halogenated alkanes) is 1. The number of benzene rings is 1. The van der Waals surface area contributed by atoms with Gasteiger partial charge in [-0.1, -0.05) is 25.5 Å². The van der Waals surface area contributed by atoms with Crippen molar-refractivity contribution in [3.63, 3.8) is 0 Å². The second-order valence-corrected chi connectivity index (χ2v) is 4.76. The van der Waals surface area contributed by atoms with E-state index in [4.69, 9.17) is 10.5 Å². The number of nitrogens with zero attached hydrogens (tertiary/aromatic N) is 4. The fourth-order valence-corrected chi connectivity index (χ4v) is 1.84. The maximum Gasteiger partial charge on any atom is 0.182 e. The van der Waals surface area contributed by atoms with Crippen LogP contribution < -0.4 is 5.73 Å². The first-order chi connectivity index (χ1) is 9.72. The van der Waals surface area contributed by atoms with Gasteiger partial charge < -0.3 is 10.5 Å². The van der Waals surface area contributed by atoms with E-state index in [-0.39, 0.29) is 0 Å². The van der Waals surface area contributed by atoms with Crippen molar-refractivity contribution >= 4 is 5.69 Å². The highest BCUT2D eigenvalue weighted by Crippen LogP contribution is 2.21. The van der Waals surface area contributed by atoms with E-state index in [0.717, 1.165) is 42.1 Å². The monoisotopic (exact) mass is 275 g/mol. The average molecular weight is 275 g/mol. The van der Waals surface area contributed by atoms with Crippen molar-refractivity contribution in [3.05, 3.63) is 23.8 Å². The molecule has 108 valence electrons. The molecule has 0 aliphatic rings. The molecule has 0 atom stereocenters. The standard InChI is InChI=1S/C14H21N5O/c1-3-4-8-20-9-7-19-14(16-17-18-19)12-6-5-11(2)13(15)10-12/h5-6,10H,3-4,7-9,15H2,1-2H3. The van der Waals surface area contributed by atoms with E-state index in [1.54, 1.807) is 4.68 Å². The molecule has 0 saturated heterocycles. The molecular formula is C14H21N5O.